The molecule has 0 aliphatic rings. The Kier molecular flexibility index (Phi) is 4.91. The highest BCUT2D eigenvalue weighted by atomic mass is 79.9. The third kappa shape index (κ3) is 4.15. The zero-order valence-corrected chi connectivity index (χ0v) is 16.1. The van der Waals surface area contributed by atoms with E-state index in [2.05, 4.69) is 74.1 Å². The lowest BCUT2D eigenvalue weighted by Gasteiger charge is -2.36. The number of benzene rings is 1. The summed E-state index contributed by atoms with van der Waals surface area (Å²) >= 11 is 3.49. The molecule has 2 rings (SSSR count). The lowest BCUT2D eigenvalue weighted by molar-refractivity contribution is 0.291. The summed E-state index contributed by atoms with van der Waals surface area (Å²) in [7, 11) is -1.65. The number of nitrogens with zero attached hydrogens (tertiary/aromatic N) is 1. The Hall–Kier alpha value is -0.713. The summed E-state index contributed by atoms with van der Waals surface area (Å²) in [6.45, 7) is 12.1. The first-order chi connectivity index (χ1) is 9.69. The van der Waals surface area contributed by atoms with Gasteiger partial charge in [0.25, 0.3) is 0 Å². The number of fused-ring (bicyclic) bond motifs is 1. The molecule has 4 heteroatoms. The molecule has 2 nitrogen and oxygen atoms in total. The Morgan fingerprint density at radius 3 is 2.52 bits per heavy atom. The van der Waals surface area contributed by atoms with Crippen molar-refractivity contribution in [1.82, 2.24) is 4.98 Å². The minimum atomic E-state index is -1.65. The van der Waals surface area contributed by atoms with Crippen LogP contribution in [0.25, 0.3) is 10.9 Å². The van der Waals surface area contributed by atoms with Gasteiger partial charge in [-0.1, -0.05) is 42.8 Å². The van der Waals surface area contributed by atoms with Gasteiger partial charge < -0.3 is 4.43 Å². The highest BCUT2D eigenvalue weighted by Gasteiger charge is 2.36. The third-order valence-corrected chi connectivity index (χ3v) is 9.37. The Balaban J connectivity index is 2.03. The molecule has 21 heavy (non-hydrogen) atoms. The van der Waals surface area contributed by atoms with Gasteiger partial charge in [0.05, 0.1) is 5.52 Å². The van der Waals surface area contributed by atoms with E-state index in [1.165, 1.54) is 5.39 Å². The SMILES string of the molecule is CC(C)(C)[Si](C)(C)OCCc1ccc2cc(Br)ccc2n1. The summed E-state index contributed by atoms with van der Waals surface area (Å²) in [6.07, 6.45) is 0.874. The molecule has 0 saturated heterocycles. The van der Waals surface area contributed by atoms with Crippen molar-refractivity contribution in [2.24, 2.45) is 0 Å². The smallest absolute Gasteiger partial charge is 0.191 e. The molecule has 1 aromatic heterocycles. The van der Waals surface area contributed by atoms with Gasteiger partial charge in [-0.15, -0.1) is 0 Å². The van der Waals surface area contributed by atoms with Crippen molar-refractivity contribution in [3.05, 3.63) is 40.5 Å². The second kappa shape index (κ2) is 6.19. The van der Waals surface area contributed by atoms with E-state index in [9.17, 15) is 0 Å². The number of halogens is 1. The van der Waals surface area contributed by atoms with Crippen LogP contribution in [0.4, 0.5) is 0 Å². The van der Waals surface area contributed by atoms with Crippen molar-refractivity contribution < 1.29 is 4.43 Å². The van der Waals surface area contributed by atoms with Crippen molar-refractivity contribution in [3.63, 3.8) is 0 Å². The highest BCUT2D eigenvalue weighted by Crippen LogP contribution is 2.36. The van der Waals surface area contributed by atoms with Gasteiger partial charge in [0.2, 0.25) is 0 Å². The molecule has 0 amide bonds. The normalized spacial score (nSPS) is 12.9. The van der Waals surface area contributed by atoms with Crippen molar-refractivity contribution in [1.29, 1.82) is 0 Å². The molecular weight excluding hydrogens is 342 g/mol. The number of hydrogen-bond donors (Lipinski definition) is 0. The average molecular weight is 366 g/mol. The molecule has 0 saturated carbocycles. The van der Waals surface area contributed by atoms with Crippen LogP contribution in [0.15, 0.2) is 34.8 Å². The standard InChI is InChI=1S/C17H24BrNOSi/c1-17(2,3)21(4,5)20-11-10-15-8-6-13-12-14(18)7-9-16(13)19-15/h6-9,12H,10-11H2,1-5H3. The average Bonchev–Trinajstić information content (AvgIpc) is 2.37. The Labute approximate surface area is 137 Å². The lowest BCUT2D eigenvalue weighted by atomic mass is 10.2. The van der Waals surface area contributed by atoms with Crippen LogP contribution in [0, 0.1) is 0 Å². The van der Waals surface area contributed by atoms with Crippen LogP contribution in [0.1, 0.15) is 26.5 Å². The van der Waals surface area contributed by atoms with E-state index < -0.39 is 8.32 Å². The van der Waals surface area contributed by atoms with Gasteiger partial charge in [-0.25, -0.2) is 0 Å². The number of pyridine rings is 1. The maximum absolute atomic E-state index is 6.22. The molecule has 0 spiro atoms. The number of rotatable bonds is 4. The Morgan fingerprint density at radius 2 is 1.86 bits per heavy atom. The molecule has 0 N–H and O–H groups in total. The molecular formula is C17H24BrNOSi. The van der Waals surface area contributed by atoms with Crippen molar-refractivity contribution in [2.75, 3.05) is 6.61 Å². The molecule has 1 aromatic carbocycles. The van der Waals surface area contributed by atoms with Gasteiger partial charge in [0, 0.05) is 28.6 Å². The minimum absolute atomic E-state index is 0.260. The van der Waals surface area contributed by atoms with E-state index >= 15 is 0 Å². The second-order valence-corrected chi connectivity index (χ2v) is 12.7. The van der Waals surface area contributed by atoms with Crippen molar-refractivity contribution >= 4 is 35.2 Å². The maximum atomic E-state index is 6.22. The largest absolute Gasteiger partial charge is 0.416 e. The van der Waals surface area contributed by atoms with Gasteiger partial charge in [-0.05, 0) is 42.4 Å². The van der Waals surface area contributed by atoms with Gasteiger partial charge in [-0.2, -0.15) is 0 Å². The van der Waals surface area contributed by atoms with Crippen LogP contribution in [0.2, 0.25) is 18.1 Å². The topological polar surface area (TPSA) is 22.1 Å². The molecule has 114 valence electrons. The van der Waals surface area contributed by atoms with E-state index in [1.54, 1.807) is 0 Å². The van der Waals surface area contributed by atoms with E-state index in [4.69, 9.17) is 9.41 Å². The predicted octanol–water partition coefficient (Wildman–Crippen LogP) is 5.56. The van der Waals surface area contributed by atoms with E-state index in [-0.39, 0.29) is 5.04 Å². The monoisotopic (exact) mass is 365 g/mol. The molecule has 0 atom stereocenters. The zero-order chi connectivity index (χ0) is 15.7. The minimum Gasteiger partial charge on any atom is -0.416 e. The summed E-state index contributed by atoms with van der Waals surface area (Å²) in [4.78, 5) is 4.71. The summed E-state index contributed by atoms with van der Waals surface area (Å²) in [6, 6.07) is 10.4. The number of hydrogen-bond acceptors (Lipinski definition) is 2. The van der Waals surface area contributed by atoms with Gasteiger partial charge >= 0.3 is 0 Å². The molecule has 0 aliphatic carbocycles. The zero-order valence-electron chi connectivity index (χ0n) is 13.5. The second-order valence-electron chi connectivity index (χ2n) is 7.00. The predicted molar refractivity (Wildman–Crippen MR) is 96.3 cm³/mol. The fourth-order valence-electron chi connectivity index (χ4n) is 1.91. The molecule has 1 heterocycles. The molecule has 2 aromatic rings. The van der Waals surface area contributed by atoms with Crippen molar-refractivity contribution in [3.8, 4) is 0 Å². The van der Waals surface area contributed by atoms with Crippen LogP contribution in [-0.4, -0.2) is 19.9 Å². The molecule has 0 radical (unpaired) electrons. The fourth-order valence-corrected chi connectivity index (χ4v) is 3.33. The van der Waals surface area contributed by atoms with Crippen LogP contribution in [0.5, 0.6) is 0 Å². The van der Waals surface area contributed by atoms with Crippen LogP contribution in [0.3, 0.4) is 0 Å². The molecule has 0 fully saturated rings. The van der Waals surface area contributed by atoms with Crippen LogP contribution in [-0.2, 0) is 10.8 Å². The quantitative estimate of drug-likeness (QED) is 0.661. The summed E-state index contributed by atoms with van der Waals surface area (Å²) in [5.41, 5.74) is 2.14. The van der Waals surface area contributed by atoms with Crippen LogP contribution < -0.4 is 0 Å². The summed E-state index contributed by atoms with van der Waals surface area (Å²) in [5, 5.41) is 1.43. The lowest BCUT2D eigenvalue weighted by Crippen LogP contribution is -2.41. The van der Waals surface area contributed by atoms with Crippen molar-refractivity contribution in [2.45, 2.75) is 45.3 Å². The third-order valence-electron chi connectivity index (χ3n) is 4.34. The Morgan fingerprint density at radius 1 is 1.14 bits per heavy atom. The first-order valence-electron chi connectivity index (χ1n) is 7.38. The van der Waals surface area contributed by atoms with E-state index in [0.29, 0.717) is 0 Å². The van der Waals surface area contributed by atoms with Gasteiger partial charge in [0.15, 0.2) is 8.32 Å². The first kappa shape index (κ1) is 16.7. The summed E-state index contributed by atoms with van der Waals surface area (Å²) < 4.78 is 7.31. The van der Waals surface area contributed by atoms with Crippen LogP contribution >= 0.6 is 15.9 Å². The fraction of sp³-hybridized carbons (Fsp3) is 0.471. The first-order valence-corrected chi connectivity index (χ1v) is 11.1. The number of aromatic nitrogens is 1. The molecule has 0 aliphatic heterocycles. The van der Waals surface area contributed by atoms with E-state index in [1.807, 2.05) is 6.07 Å². The summed E-state index contributed by atoms with van der Waals surface area (Å²) in [5.74, 6) is 0. The van der Waals surface area contributed by atoms with Gasteiger partial charge in [-0.3, -0.25) is 4.98 Å². The van der Waals surface area contributed by atoms with E-state index in [0.717, 1.165) is 28.7 Å². The molecule has 0 unspecified atom stereocenters. The van der Waals surface area contributed by atoms with Gasteiger partial charge in [0.1, 0.15) is 0 Å². The Bertz CT molecular complexity index is 634. The highest BCUT2D eigenvalue weighted by molar-refractivity contribution is 9.10. The maximum Gasteiger partial charge on any atom is 0.191 e. The molecule has 0 bridgehead atoms.